The zero-order chi connectivity index (χ0) is 14.0. The number of hydrogen-bond acceptors (Lipinski definition) is 3. The lowest BCUT2D eigenvalue weighted by Gasteiger charge is -2.11. The molecule has 1 aliphatic rings. The average Bonchev–Trinajstić information content (AvgIpc) is 3.09. The molecule has 6 heteroatoms. The molecule has 4 N–H and O–H groups in total. The molecule has 1 aromatic rings. The molecule has 1 saturated carbocycles. The van der Waals surface area contributed by atoms with Crippen molar-refractivity contribution in [3.63, 3.8) is 0 Å². The number of hydrogen-bond donors (Lipinski definition) is 3. The van der Waals surface area contributed by atoms with Crippen LogP contribution in [0.3, 0.4) is 0 Å². The van der Waals surface area contributed by atoms with Crippen LogP contribution in [0.25, 0.3) is 0 Å². The quantitative estimate of drug-likeness (QED) is 0.775. The van der Waals surface area contributed by atoms with Crippen LogP contribution in [0.15, 0.2) is 18.2 Å². The smallest absolute Gasteiger partial charge is 0.243 e. The first-order valence-electron chi connectivity index (χ1n) is 6.04. The van der Waals surface area contributed by atoms with E-state index in [1.807, 2.05) is 13.0 Å². The highest BCUT2D eigenvalue weighted by Gasteiger charge is 2.45. The topological polar surface area (TPSA) is 84.2 Å². The number of nitrogens with one attached hydrogen (secondary N) is 2. The average molecular weight is 282 g/mol. The summed E-state index contributed by atoms with van der Waals surface area (Å²) in [5, 5.41) is 5.62. The SMILES string of the molecule is Cc1ccc(NC(=O)CNC(=O)C2(N)CC2)c(Cl)c1. The van der Waals surface area contributed by atoms with Gasteiger partial charge in [0.1, 0.15) is 0 Å². The van der Waals surface area contributed by atoms with Gasteiger partial charge in [-0.05, 0) is 37.5 Å². The van der Waals surface area contributed by atoms with Gasteiger partial charge in [-0.15, -0.1) is 0 Å². The Hall–Kier alpha value is -1.59. The fourth-order valence-corrected chi connectivity index (χ4v) is 1.90. The Balaban J connectivity index is 1.85. The molecule has 0 heterocycles. The molecule has 0 bridgehead atoms. The van der Waals surface area contributed by atoms with E-state index < -0.39 is 5.54 Å². The minimum Gasteiger partial charge on any atom is -0.345 e. The van der Waals surface area contributed by atoms with Crippen molar-refractivity contribution in [2.75, 3.05) is 11.9 Å². The van der Waals surface area contributed by atoms with Gasteiger partial charge >= 0.3 is 0 Å². The fourth-order valence-electron chi connectivity index (χ4n) is 1.61. The van der Waals surface area contributed by atoms with E-state index in [-0.39, 0.29) is 18.4 Å². The van der Waals surface area contributed by atoms with Crippen molar-refractivity contribution in [2.45, 2.75) is 25.3 Å². The number of anilines is 1. The summed E-state index contributed by atoms with van der Waals surface area (Å²) in [6.07, 6.45) is 1.34. The third-order valence-electron chi connectivity index (χ3n) is 3.05. The molecule has 1 aromatic carbocycles. The molecule has 2 amide bonds. The number of rotatable bonds is 4. The van der Waals surface area contributed by atoms with E-state index >= 15 is 0 Å². The van der Waals surface area contributed by atoms with Crippen molar-refractivity contribution in [3.05, 3.63) is 28.8 Å². The second-order valence-corrected chi connectivity index (χ2v) is 5.28. The van der Waals surface area contributed by atoms with Crippen molar-refractivity contribution >= 4 is 29.1 Å². The maximum absolute atomic E-state index is 11.7. The molecule has 2 rings (SSSR count). The lowest BCUT2D eigenvalue weighted by molar-refractivity contribution is -0.125. The summed E-state index contributed by atoms with van der Waals surface area (Å²) in [7, 11) is 0. The van der Waals surface area contributed by atoms with E-state index in [0.29, 0.717) is 23.6 Å². The van der Waals surface area contributed by atoms with Crippen molar-refractivity contribution in [1.82, 2.24) is 5.32 Å². The molecule has 0 atom stereocenters. The van der Waals surface area contributed by atoms with Crippen LogP contribution in [0.5, 0.6) is 0 Å². The summed E-state index contributed by atoms with van der Waals surface area (Å²) in [4.78, 5) is 23.2. The maximum Gasteiger partial charge on any atom is 0.243 e. The van der Waals surface area contributed by atoms with Gasteiger partial charge in [-0.25, -0.2) is 0 Å². The van der Waals surface area contributed by atoms with Crippen LogP contribution in [0.1, 0.15) is 18.4 Å². The third kappa shape index (κ3) is 3.45. The third-order valence-corrected chi connectivity index (χ3v) is 3.36. The standard InChI is InChI=1S/C13H16ClN3O2/c1-8-2-3-10(9(14)6-8)17-11(18)7-16-12(19)13(15)4-5-13/h2-3,6H,4-5,7,15H2,1H3,(H,16,19)(H,17,18). The highest BCUT2D eigenvalue weighted by atomic mass is 35.5. The zero-order valence-corrected chi connectivity index (χ0v) is 11.4. The van der Waals surface area contributed by atoms with E-state index in [1.54, 1.807) is 12.1 Å². The number of benzene rings is 1. The van der Waals surface area contributed by atoms with Gasteiger partial charge in [0, 0.05) is 0 Å². The van der Waals surface area contributed by atoms with Crippen molar-refractivity contribution in [1.29, 1.82) is 0 Å². The van der Waals surface area contributed by atoms with Crippen LogP contribution in [0.2, 0.25) is 5.02 Å². The van der Waals surface area contributed by atoms with E-state index in [0.717, 1.165) is 5.56 Å². The van der Waals surface area contributed by atoms with E-state index in [1.165, 1.54) is 0 Å². The molecular formula is C13H16ClN3O2. The first-order valence-corrected chi connectivity index (χ1v) is 6.42. The normalized spacial score (nSPS) is 15.7. The van der Waals surface area contributed by atoms with Gasteiger partial charge in [0.2, 0.25) is 11.8 Å². The molecular weight excluding hydrogens is 266 g/mol. The summed E-state index contributed by atoms with van der Waals surface area (Å²) in [5.74, 6) is -0.610. The predicted octanol–water partition coefficient (Wildman–Crippen LogP) is 1.19. The van der Waals surface area contributed by atoms with Gasteiger partial charge in [-0.3, -0.25) is 9.59 Å². The molecule has 0 spiro atoms. The second-order valence-electron chi connectivity index (χ2n) is 4.87. The number of carbonyl (C=O) groups excluding carboxylic acids is 2. The Morgan fingerprint density at radius 2 is 2.11 bits per heavy atom. The molecule has 19 heavy (non-hydrogen) atoms. The molecule has 5 nitrogen and oxygen atoms in total. The highest BCUT2D eigenvalue weighted by molar-refractivity contribution is 6.33. The second kappa shape index (κ2) is 5.19. The maximum atomic E-state index is 11.7. The Bertz CT molecular complexity index is 527. The summed E-state index contributed by atoms with van der Waals surface area (Å²) in [6.45, 7) is 1.80. The number of nitrogens with two attached hydrogens (primary N) is 1. The van der Waals surface area contributed by atoms with Crippen molar-refractivity contribution in [3.8, 4) is 0 Å². The first kappa shape index (κ1) is 13.8. The summed E-state index contributed by atoms with van der Waals surface area (Å²) in [5.41, 5.74) is 6.48. The molecule has 102 valence electrons. The number of amides is 2. The Labute approximate surface area is 116 Å². The highest BCUT2D eigenvalue weighted by Crippen LogP contribution is 2.32. The molecule has 0 radical (unpaired) electrons. The van der Waals surface area contributed by atoms with Crippen molar-refractivity contribution < 1.29 is 9.59 Å². The minimum absolute atomic E-state index is 0.109. The van der Waals surface area contributed by atoms with Gasteiger partial charge in [-0.2, -0.15) is 0 Å². The van der Waals surface area contributed by atoms with Crippen LogP contribution in [0.4, 0.5) is 5.69 Å². The summed E-state index contributed by atoms with van der Waals surface area (Å²) < 4.78 is 0. The van der Waals surface area contributed by atoms with Crippen LogP contribution in [-0.4, -0.2) is 23.9 Å². The van der Waals surface area contributed by atoms with Crippen LogP contribution in [0, 0.1) is 6.92 Å². The molecule has 0 aliphatic heterocycles. The van der Waals surface area contributed by atoms with Crippen LogP contribution >= 0.6 is 11.6 Å². The lowest BCUT2D eigenvalue weighted by Crippen LogP contribution is -2.45. The van der Waals surface area contributed by atoms with Crippen LogP contribution < -0.4 is 16.4 Å². The number of carbonyl (C=O) groups is 2. The van der Waals surface area contributed by atoms with Gasteiger partial charge in [-0.1, -0.05) is 17.7 Å². The number of aryl methyl sites for hydroxylation is 1. The van der Waals surface area contributed by atoms with Crippen molar-refractivity contribution in [2.24, 2.45) is 5.73 Å². The van der Waals surface area contributed by atoms with Gasteiger partial charge < -0.3 is 16.4 Å². The van der Waals surface area contributed by atoms with Gasteiger partial charge in [0.15, 0.2) is 0 Å². The Kier molecular flexibility index (Phi) is 3.78. The van der Waals surface area contributed by atoms with Crippen LogP contribution in [-0.2, 0) is 9.59 Å². The van der Waals surface area contributed by atoms with E-state index in [2.05, 4.69) is 10.6 Å². The monoisotopic (exact) mass is 281 g/mol. The lowest BCUT2D eigenvalue weighted by atomic mass is 10.2. The Morgan fingerprint density at radius 1 is 1.42 bits per heavy atom. The first-order chi connectivity index (χ1) is 8.90. The van der Waals surface area contributed by atoms with Gasteiger partial charge in [0.05, 0.1) is 22.8 Å². The zero-order valence-electron chi connectivity index (χ0n) is 10.6. The van der Waals surface area contributed by atoms with E-state index in [4.69, 9.17) is 17.3 Å². The van der Waals surface area contributed by atoms with E-state index in [9.17, 15) is 9.59 Å². The molecule has 0 saturated heterocycles. The predicted molar refractivity (Wildman–Crippen MR) is 74.0 cm³/mol. The van der Waals surface area contributed by atoms with Gasteiger partial charge in [0.25, 0.3) is 0 Å². The molecule has 1 fully saturated rings. The minimum atomic E-state index is -0.762. The largest absolute Gasteiger partial charge is 0.345 e. The molecule has 0 unspecified atom stereocenters. The molecule has 1 aliphatic carbocycles. The Morgan fingerprint density at radius 3 is 2.68 bits per heavy atom. The summed E-state index contributed by atoms with van der Waals surface area (Å²) in [6, 6.07) is 5.33. The number of halogens is 1. The summed E-state index contributed by atoms with van der Waals surface area (Å²) >= 11 is 6.00. The fraction of sp³-hybridized carbons (Fsp3) is 0.385. The molecule has 0 aromatic heterocycles.